The second-order valence-corrected chi connectivity index (χ2v) is 6.95. The summed E-state index contributed by atoms with van der Waals surface area (Å²) in [6, 6.07) is 0. The zero-order chi connectivity index (χ0) is 18.1. The van der Waals surface area contributed by atoms with Crippen LogP contribution in [0, 0.1) is 17.8 Å². The monoisotopic (exact) mass is 336 g/mol. The van der Waals surface area contributed by atoms with E-state index in [0.717, 1.165) is 24.8 Å². The number of cyclic esters (lactones) is 1. The van der Waals surface area contributed by atoms with Gasteiger partial charge in [-0.2, -0.15) is 0 Å². The maximum atomic E-state index is 12.2. The highest BCUT2D eigenvalue weighted by atomic mass is 16.5. The van der Waals surface area contributed by atoms with Crippen LogP contribution in [0.5, 0.6) is 0 Å². The van der Waals surface area contributed by atoms with Crippen molar-refractivity contribution in [2.75, 3.05) is 6.61 Å². The third-order valence-electron chi connectivity index (χ3n) is 4.86. The molecule has 0 radical (unpaired) electrons. The first-order valence-corrected chi connectivity index (χ1v) is 9.10. The number of hydrogen-bond donors (Lipinski definition) is 1. The number of carbonyl (C=O) groups excluding carboxylic acids is 2. The number of hydrogen-bond acceptors (Lipinski definition) is 4. The molecule has 4 atom stereocenters. The van der Waals surface area contributed by atoms with E-state index in [1.54, 1.807) is 6.08 Å². The fourth-order valence-electron chi connectivity index (χ4n) is 3.00. The van der Waals surface area contributed by atoms with Crippen molar-refractivity contribution >= 4 is 11.8 Å². The van der Waals surface area contributed by atoms with Crippen LogP contribution in [0.1, 0.15) is 59.8 Å². The van der Waals surface area contributed by atoms with E-state index in [4.69, 9.17) is 4.74 Å². The number of allylic oxidation sites excluding steroid dienone is 3. The SMILES string of the molecule is CCC1C(=O)OCC/C=C(C)\C=C/C(=O)C(C)CCCC(C)C1O. The van der Waals surface area contributed by atoms with E-state index in [2.05, 4.69) is 0 Å². The Balaban J connectivity index is 2.86. The van der Waals surface area contributed by atoms with Gasteiger partial charge in [-0.1, -0.05) is 44.9 Å². The molecule has 1 rings (SSSR count). The van der Waals surface area contributed by atoms with Gasteiger partial charge in [0.2, 0.25) is 0 Å². The molecule has 4 nitrogen and oxygen atoms in total. The summed E-state index contributed by atoms with van der Waals surface area (Å²) in [6.07, 6.45) is 8.35. The van der Waals surface area contributed by atoms with Crippen LogP contribution in [0.3, 0.4) is 0 Å². The van der Waals surface area contributed by atoms with Crippen LogP contribution in [-0.4, -0.2) is 29.6 Å². The first-order chi connectivity index (χ1) is 11.4. The third kappa shape index (κ3) is 6.60. The summed E-state index contributed by atoms with van der Waals surface area (Å²) in [7, 11) is 0. The van der Waals surface area contributed by atoms with Crippen LogP contribution in [0.25, 0.3) is 0 Å². The van der Waals surface area contributed by atoms with Crippen molar-refractivity contribution in [2.45, 2.75) is 65.9 Å². The molecule has 1 aliphatic heterocycles. The lowest BCUT2D eigenvalue weighted by atomic mass is 9.86. The fraction of sp³-hybridized carbons (Fsp3) is 0.700. The topological polar surface area (TPSA) is 63.6 Å². The van der Waals surface area contributed by atoms with Crippen molar-refractivity contribution in [3.8, 4) is 0 Å². The van der Waals surface area contributed by atoms with E-state index in [-0.39, 0.29) is 23.6 Å². The molecule has 1 heterocycles. The van der Waals surface area contributed by atoms with Gasteiger partial charge >= 0.3 is 5.97 Å². The Morgan fingerprint density at radius 3 is 2.58 bits per heavy atom. The highest BCUT2D eigenvalue weighted by molar-refractivity contribution is 5.91. The van der Waals surface area contributed by atoms with Gasteiger partial charge in [0.25, 0.3) is 0 Å². The molecule has 24 heavy (non-hydrogen) atoms. The number of ketones is 1. The molecule has 4 unspecified atom stereocenters. The Kier molecular flexibility index (Phi) is 8.98. The van der Waals surface area contributed by atoms with Crippen molar-refractivity contribution in [2.24, 2.45) is 17.8 Å². The second-order valence-electron chi connectivity index (χ2n) is 6.95. The second kappa shape index (κ2) is 10.4. The minimum atomic E-state index is -0.696. The van der Waals surface area contributed by atoms with Gasteiger partial charge < -0.3 is 9.84 Å². The molecule has 0 bridgehead atoms. The van der Waals surface area contributed by atoms with Gasteiger partial charge in [-0.05, 0) is 38.2 Å². The first kappa shape index (κ1) is 20.6. The van der Waals surface area contributed by atoms with Crippen LogP contribution in [-0.2, 0) is 14.3 Å². The van der Waals surface area contributed by atoms with Crippen LogP contribution >= 0.6 is 0 Å². The quantitative estimate of drug-likeness (QED) is 0.739. The van der Waals surface area contributed by atoms with E-state index in [1.165, 1.54) is 0 Å². The van der Waals surface area contributed by atoms with E-state index in [0.29, 0.717) is 19.4 Å². The van der Waals surface area contributed by atoms with Crippen molar-refractivity contribution < 1.29 is 19.4 Å². The van der Waals surface area contributed by atoms with Gasteiger partial charge in [0, 0.05) is 12.3 Å². The molecule has 0 saturated heterocycles. The standard InChI is InChI=1S/C20H32O4/c1-5-17-19(22)16(4)10-6-9-15(3)18(21)12-11-14(2)8-7-13-24-20(17)23/h8,11-12,15-17,19,22H,5-7,9-10,13H2,1-4H3/b12-11-,14-8-. The smallest absolute Gasteiger partial charge is 0.311 e. The van der Waals surface area contributed by atoms with E-state index in [1.807, 2.05) is 39.8 Å². The Morgan fingerprint density at radius 2 is 1.92 bits per heavy atom. The molecule has 0 aromatic rings. The van der Waals surface area contributed by atoms with Crippen LogP contribution < -0.4 is 0 Å². The summed E-state index contributed by atoms with van der Waals surface area (Å²) in [5, 5.41) is 10.5. The number of aliphatic hydroxyl groups is 1. The van der Waals surface area contributed by atoms with Crippen LogP contribution in [0.15, 0.2) is 23.8 Å². The molecule has 4 heteroatoms. The van der Waals surface area contributed by atoms with Crippen molar-refractivity contribution in [1.29, 1.82) is 0 Å². The predicted molar refractivity (Wildman–Crippen MR) is 95.4 cm³/mol. The summed E-state index contributed by atoms with van der Waals surface area (Å²) >= 11 is 0. The van der Waals surface area contributed by atoms with Crippen molar-refractivity contribution in [3.05, 3.63) is 23.8 Å². The van der Waals surface area contributed by atoms with Gasteiger partial charge in [0.05, 0.1) is 18.6 Å². The highest BCUT2D eigenvalue weighted by Gasteiger charge is 2.30. The molecule has 0 fully saturated rings. The third-order valence-corrected chi connectivity index (χ3v) is 4.86. The highest BCUT2D eigenvalue weighted by Crippen LogP contribution is 2.24. The molecule has 0 aliphatic carbocycles. The average molecular weight is 336 g/mol. The summed E-state index contributed by atoms with van der Waals surface area (Å²) < 4.78 is 5.32. The summed E-state index contributed by atoms with van der Waals surface area (Å²) in [6.45, 7) is 8.03. The molecule has 0 amide bonds. The Hall–Kier alpha value is -1.42. The van der Waals surface area contributed by atoms with Gasteiger partial charge in [0.1, 0.15) is 0 Å². The van der Waals surface area contributed by atoms with E-state index >= 15 is 0 Å². The maximum absolute atomic E-state index is 12.2. The molecule has 0 aromatic carbocycles. The lowest BCUT2D eigenvalue weighted by Crippen LogP contribution is -2.34. The summed E-state index contributed by atoms with van der Waals surface area (Å²) in [4.78, 5) is 24.3. The molecule has 1 aliphatic rings. The lowest BCUT2D eigenvalue weighted by Gasteiger charge is -2.26. The number of ether oxygens (including phenoxy) is 1. The van der Waals surface area contributed by atoms with E-state index < -0.39 is 12.0 Å². The number of rotatable bonds is 1. The number of aliphatic hydroxyl groups excluding tert-OH is 1. The molecule has 0 aromatic heterocycles. The molecule has 1 N–H and O–H groups in total. The van der Waals surface area contributed by atoms with Crippen LogP contribution in [0.2, 0.25) is 0 Å². The molecular formula is C20H32O4. The Labute approximate surface area is 146 Å². The number of carbonyl (C=O) groups is 2. The molecular weight excluding hydrogens is 304 g/mol. The van der Waals surface area contributed by atoms with Gasteiger partial charge in [0.15, 0.2) is 5.78 Å². The molecule has 0 spiro atoms. The Bertz CT molecular complexity index is 478. The van der Waals surface area contributed by atoms with E-state index in [9.17, 15) is 14.7 Å². The molecule has 0 saturated carbocycles. The predicted octanol–water partition coefficient (Wildman–Crippen LogP) is 3.83. The maximum Gasteiger partial charge on any atom is 0.311 e. The Morgan fingerprint density at radius 1 is 1.21 bits per heavy atom. The van der Waals surface area contributed by atoms with Crippen LogP contribution in [0.4, 0.5) is 0 Å². The largest absolute Gasteiger partial charge is 0.465 e. The summed E-state index contributed by atoms with van der Waals surface area (Å²) in [5.41, 5.74) is 0.986. The van der Waals surface area contributed by atoms with Gasteiger partial charge in [-0.25, -0.2) is 0 Å². The zero-order valence-electron chi connectivity index (χ0n) is 15.5. The van der Waals surface area contributed by atoms with Gasteiger partial charge in [-0.15, -0.1) is 0 Å². The summed E-state index contributed by atoms with van der Waals surface area (Å²) in [5.74, 6) is -0.652. The minimum Gasteiger partial charge on any atom is -0.465 e. The zero-order valence-corrected chi connectivity index (χ0v) is 15.5. The van der Waals surface area contributed by atoms with Gasteiger partial charge in [-0.3, -0.25) is 9.59 Å². The average Bonchev–Trinajstić information content (AvgIpc) is 2.55. The van der Waals surface area contributed by atoms with Crippen molar-refractivity contribution in [1.82, 2.24) is 0 Å². The number of esters is 1. The van der Waals surface area contributed by atoms with Crippen molar-refractivity contribution in [3.63, 3.8) is 0 Å². The first-order valence-electron chi connectivity index (χ1n) is 9.10. The minimum absolute atomic E-state index is 0.00962. The lowest BCUT2D eigenvalue weighted by molar-refractivity contribution is -0.154. The fourth-order valence-corrected chi connectivity index (χ4v) is 3.00. The normalized spacial score (nSPS) is 35.0. The molecule has 136 valence electrons.